The van der Waals surface area contributed by atoms with Crippen LogP contribution in [0.4, 0.5) is 0 Å². The number of carbonyl (C=O) groups excluding carboxylic acids is 2. The van der Waals surface area contributed by atoms with Gasteiger partial charge in [-0.15, -0.1) is 6.10 Å². The van der Waals surface area contributed by atoms with Crippen LogP contribution in [0.2, 0.25) is 0 Å². The monoisotopic (exact) mass is 159 g/mol. The average molecular weight is 159 g/mol. The summed E-state index contributed by atoms with van der Waals surface area (Å²) in [7, 11) is 1.15. The zero-order chi connectivity index (χ0) is 9.02. The van der Waals surface area contributed by atoms with Crippen LogP contribution in [0.3, 0.4) is 0 Å². The topological polar surface area (TPSA) is 66.4 Å². The van der Waals surface area contributed by atoms with Gasteiger partial charge in [0.15, 0.2) is 0 Å². The van der Waals surface area contributed by atoms with Gasteiger partial charge in [-0.2, -0.15) is 0 Å². The third kappa shape index (κ3) is 2.67. The number of rotatable bonds is 3. The van der Waals surface area contributed by atoms with E-state index in [2.05, 4.69) is 4.74 Å². The summed E-state index contributed by atoms with van der Waals surface area (Å²) >= 11 is 0. The molecule has 0 fully saturated rings. The molecule has 0 radical (unpaired) electrons. The molecule has 2 atom stereocenters. The predicted molar refractivity (Wildman–Crippen MR) is 35.6 cm³/mol. The van der Waals surface area contributed by atoms with Gasteiger partial charge in [0.25, 0.3) is 0 Å². The Labute approximate surface area is 65.2 Å². The van der Waals surface area contributed by atoms with Crippen molar-refractivity contribution in [3.8, 4) is 0 Å². The highest BCUT2D eigenvalue weighted by Gasteiger charge is 2.23. The molecule has 0 aromatic carbocycles. The Morgan fingerprint density at radius 1 is 1.45 bits per heavy atom. The van der Waals surface area contributed by atoms with Crippen molar-refractivity contribution in [2.24, 2.45) is 5.92 Å². The maximum absolute atomic E-state index is 10.8. The number of Topliss-reactive ketones (excluding diaryl/α,β-unsaturated/α-hetero) is 1. The number of ether oxygens (including phenoxy) is 1. The molecular formula is C7H11O4-. The molecule has 0 saturated carbocycles. The largest absolute Gasteiger partial charge is 0.851 e. The van der Waals surface area contributed by atoms with Crippen LogP contribution in [0.15, 0.2) is 0 Å². The van der Waals surface area contributed by atoms with Gasteiger partial charge < -0.3 is 9.84 Å². The average Bonchev–Trinajstić information content (AvgIpc) is 1.85. The predicted octanol–water partition coefficient (Wildman–Crippen LogP) is -0.887. The maximum Gasteiger partial charge on any atom is 0.315 e. The molecule has 11 heavy (non-hydrogen) atoms. The van der Waals surface area contributed by atoms with Crippen molar-refractivity contribution in [3.63, 3.8) is 0 Å². The molecule has 0 spiro atoms. The van der Waals surface area contributed by atoms with Gasteiger partial charge in [0.05, 0.1) is 7.11 Å². The Hall–Kier alpha value is -0.900. The van der Waals surface area contributed by atoms with Crippen LogP contribution in [0.5, 0.6) is 0 Å². The van der Waals surface area contributed by atoms with E-state index in [-0.39, 0.29) is 0 Å². The van der Waals surface area contributed by atoms with Crippen LogP contribution in [-0.4, -0.2) is 25.0 Å². The molecular weight excluding hydrogens is 148 g/mol. The smallest absolute Gasteiger partial charge is 0.315 e. The van der Waals surface area contributed by atoms with Crippen LogP contribution in [0.25, 0.3) is 0 Å². The molecule has 64 valence electrons. The van der Waals surface area contributed by atoms with E-state index in [0.29, 0.717) is 0 Å². The van der Waals surface area contributed by atoms with E-state index >= 15 is 0 Å². The number of hydrogen-bond acceptors (Lipinski definition) is 4. The van der Waals surface area contributed by atoms with Gasteiger partial charge >= 0.3 is 5.97 Å². The minimum Gasteiger partial charge on any atom is -0.851 e. The van der Waals surface area contributed by atoms with E-state index in [0.717, 1.165) is 7.11 Å². The Bertz CT molecular complexity index is 162. The number of carbonyl (C=O) groups is 2. The zero-order valence-corrected chi connectivity index (χ0v) is 6.79. The van der Waals surface area contributed by atoms with Gasteiger partial charge in [0.2, 0.25) is 0 Å². The lowest BCUT2D eigenvalue weighted by Gasteiger charge is -2.23. The molecule has 2 unspecified atom stereocenters. The SMILES string of the molecule is COC(=O)C(C(C)=O)C(C)[O-]. The second-order valence-corrected chi connectivity index (χ2v) is 2.32. The molecule has 0 amide bonds. The minimum atomic E-state index is -1.24. The van der Waals surface area contributed by atoms with E-state index in [1.54, 1.807) is 0 Å². The summed E-state index contributed by atoms with van der Waals surface area (Å²) in [5.74, 6) is -2.35. The van der Waals surface area contributed by atoms with Crippen molar-refractivity contribution in [2.45, 2.75) is 20.0 Å². The van der Waals surface area contributed by atoms with E-state index < -0.39 is 23.8 Å². The fourth-order valence-corrected chi connectivity index (χ4v) is 0.815. The van der Waals surface area contributed by atoms with Crippen LogP contribution in [0.1, 0.15) is 13.8 Å². The molecule has 0 aliphatic rings. The molecule has 0 saturated heterocycles. The lowest BCUT2D eigenvalue weighted by Crippen LogP contribution is -2.40. The molecule has 0 aliphatic carbocycles. The van der Waals surface area contributed by atoms with Crippen LogP contribution < -0.4 is 5.11 Å². The molecule has 0 heterocycles. The minimum absolute atomic E-state index is 0.445. The second kappa shape index (κ2) is 4.08. The fourth-order valence-electron chi connectivity index (χ4n) is 0.815. The van der Waals surface area contributed by atoms with Crippen LogP contribution >= 0.6 is 0 Å². The first-order valence-electron chi connectivity index (χ1n) is 3.24. The summed E-state index contributed by atoms with van der Waals surface area (Å²) in [6.07, 6.45) is -1.24. The van der Waals surface area contributed by atoms with Crippen molar-refractivity contribution in [1.29, 1.82) is 0 Å². The molecule has 0 rings (SSSR count). The summed E-state index contributed by atoms with van der Waals surface area (Å²) in [5.41, 5.74) is 0. The highest BCUT2D eigenvalue weighted by Crippen LogP contribution is 2.04. The van der Waals surface area contributed by atoms with Crippen molar-refractivity contribution in [2.75, 3.05) is 7.11 Å². The van der Waals surface area contributed by atoms with Crippen molar-refractivity contribution < 1.29 is 19.4 Å². The number of hydrogen-bond donors (Lipinski definition) is 0. The Morgan fingerprint density at radius 3 is 2.00 bits per heavy atom. The molecule has 4 heteroatoms. The molecule has 0 aromatic heterocycles. The Kier molecular flexibility index (Phi) is 3.74. The summed E-state index contributed by atoms with van der Waals surface area (Å²) in [4.78, 5) is 21.4. The van der Waals surface area contributed by atoms with Crippen LogP contribution in [-0.2, 0) is 14.3 Å². The van der Waals surface area contributed by atoms with Crippen molar-refractivity contribution in [1.82, 2.24) is 0 Å². The molecule has 0 N–H and O–H groups in total. The zero-order valence-electron chi connectivity index (χ0n) is 6.79. The lowest BCUT2D eigenvalue weighted by molar-refractivity contribution is -0.420. The number of methoxy groups -OCH3 is 1. The highest BCUT2D eigenvalue weighted by molar-refractivity contribution is 5.98. The summed E-state index contributed by atoms with van der Waals surface area (Å²) in [6, 6.07) is 0. The van der Waals surface area contributed by atoms with Gasteiger partial charge in [-0.1, -0.05) is 6.92 Å². The van der Waals surface area contributed by atoms with Gasteiger partial charge in [-0.3, -0.25) is 9.59 Å². The van der Waals surface area contributed by atoms with Gasteiger partial charge in [-0.25, -0.2) is 0 Å². The standard InChI is InChI=1S/C7H11O4/c1-4(8)6(5(2)9)7(10)11-3/h4,6H,1-3H3/q-1. The first-order chi connectivity index (χ1) is 5.00. The third-order valence-corrected chi connectivity index (χ3v) is 1.36. The maximum atomic E-state index is 10.8. The third-order valence-electron chi connectivity index (χ3n) is 1.36. The Morgan fingerprint density at radius 2 is 1.91 bits per heavy atom. The first-order valence-corrected chi connectivity index (χ1v) is 3.24. The molecule has 0 aliphatic heterocycles. The number of ketones is 1. The molecule has 0 aromatic rings. The lowest BCUT2D eigenvalue weighted by atomic mass is 10.00. The molecule has 4 nitrogen and oxygen atoms in total. The van der Waals surface area contributed by atoms with Gasteiger partial charge in [0.1, 0.15) is 11.7 Å². The van der Waals surface area contributed by atoms with E-state index in [1.165, 1.54) is 13.8 Å². The van der Waals surface area contributed by atoms with E-state index in [4.69, 9.17) is 0 Å². The summed E-state index contributed by atoms with van der Waals surface area (Å²) < 4.78 is 4.28. The first kappa shape index (κ1) is 10.1. The summed E-state index contributed by atoms with van der Waals surface area (Å²) in [5, 5.41) is 10.7. The van der Waals surface area contributed by atoms with Crippen molar-refractivity contribution in [3.05, 3.63) is 0 Å². The Balaban J connectivity index is 4.34. The highest BCUT2D eigenvalue weighted by atomic mass is 16.5. The molecule has 0 bridgehead atoms. The number of esters is 1. The van der Waals surface area contributed by atoms with Crippen molar-refractivity contribution >= 4 is 11.8 Å². The second-order valence-electron chi connectivity index (χ2n) is 2.32. The van der Waals surface area contributed by atoms with Gasteiger partial charge in [0, 0.05) is 0 Å². The summed E-state index contributed by atoms with van der Waals surface area (Å²) in [6.45, 7) is 2.47. The van der Waals surface area contributed by atoms with E-state index in [9.17, 15) is 14.7 Å². The quantitative estimate of drug-likeness (QED) is 0.396. The van der Waals surface area contributed by atoms with E-state index in [1.807, 2.05) is 0 Å². The fraction of sp³-hybridized carbons (Fsp3) is 0.714. The normalized spacial score (nSPS) is 15.3. The van der Waals surface area contributed by atoms with Crippen LogP contribution in [0, 0.1) is 5.92 Å². The van der Waals surface area contributed by atoms with Gasteiger partial charge in [-0.05, 0) is 6.92 Å².